The van der Waals surface area contributed by atoms with Crippen LogP contribution in [0.3, 0.4) is 0 Å². The first-order chi connectivity index (χ1) is 6.45. The van der Waals surface area contributed by atoms with Crippen LogP contribution >= 0.6 is 0 Å². The van der Waals surface area contributed by atoms with Gasteiger partial charge < -0.3 is 0 Å². The summed E-state index contributed by atoms with van der Waals surface area (Å²) in [5, 5.41) is 0. The van der Waals surface area contributed by atoms with Crippen LogP contribution in [0.4, 0.5) is 0 Å². The predicted molar refractivity (Wildman–Crippen MR) is 54.3 cm³/mol. The molecule has 1 aromatic rings. The lowest BCUT2D eigenvalue weighted by atomic mass is 9.95. The van der Waals surface area contributed by atoms with E-state index in [2.05, 4.69) is 35.4 Å². The van der Waals surface area contributed by atoms with Gasteiger partial charge in [-0.1, -0.05) is 30.4 Å². The van der Waals surface area contributed by atoms with Crippen LogP contribution in [0, 0.1) is 5.92 Å². The van der Waals surface area contributed by atoms with Crippen molar-refractivity contribution in [2.75, 3.05) is 0 Å². The van der Waals surface area contributed by atoms with Crippen molar-refractivity contribution < 1.29 is 0 Å². The molecular formula is C12H13N. The number of aromatic nitrogens is 1. The van der Waals surface area contributed by atoms with Gasteiger partial charge in [0.05, 0.1) is 0 Å². The lowest BCUT2D eigenvalue weighted by Crippen LogP contribution is -2.03. The minimum Gasteiger partial charge on any atom is -0.261 e. The molecule has 1 aliphatic rings. The zero-order valence-corrected chi connectivity index (χ0v) is 7.56. The van der Waals surface area contributed by atoms with Gasteiger partial charge in [0.2, 0.25) is 0 Å². The summed E-state index contributed by atoms with van der Waals surface area (Å²) < 4.78 is 0. The Bertz CT molecular complexity index is 311. The minimum atomic E-state index is 0.639. The molecule has 13 heavy (non-hydrogen) atoms. The smallest absolute Gasteiger partial charge is 0.0409 e. The second-order valence-corrected chi connectivity index (χ2v) is 3.33. The molecule has 1 unspecified atom stereocenters. The van der Waals surface area contributed by atoms with Crippen LogP contribution in [0.15, 0.2) is 48.7 Å². The normalized spacial score (nSPS) is 20.5. The van der Waals surface area contributed by atoms with Gasteiger partial charge in [0.15, 0.2) is 0 Å². The lowest BCUT2D eigenvalue weighted by molar-refractivity contribution is 0.642. The lowest BCUT2D eigenvalue weighted by Gasteiger charge is -2.11. The van der Waals surface area contributed by atoms with Gasteiger partial charge in [0.1, 0.15) is 0 Å². The Kier molecular flexibility index (Phi) is 2.56. The Morgan fingerprint density at radius 1 is 1.31 bits per heavy atom. The molecule has 0 amide bonds. The monoisotopic (exact) mass is 171 g/mol. The number of allylic oxidation sites excluding steroid dienone is 4. The molecule has 2 rings (SSSR count). The third-order valence-corrected chi connectivity index (χ3v) is 2.27. The molecule has 0 aliphatic heterocycles. The van der Waals surface area contributed by atoms with Crippen molar-refractivity contribution in [1.29, 1.82) is 0 Å². The van der Waals surface area contributed by atoms with Crippen molar-refractivity contribution in [1.82, 2.24) is 4.98 Å². The van der Waals surface area contributed by atoms with Crippen molar-refractivity contribution in [2.45, 2.75) is 12.8 Å². The van der Waals surface area contributed by atoms with E-state index in [1.807, 2.05) is 18.3 Å². The second kappa shape index (κ2) is 4.04. The Balaban J connectivity index is 1.99. The fraction of sp³-hybridized carbons (Fsp3) is 0.250. The summed E-state index contributed by atoms with van der Waals surface area (Å²) in [7, 11) is 0. The fourth-order valence-electron chi connectivity index (χ4n) is 1.57. The van der Waals surface area contributed by atoms with E-state index in [0.29, 0.717) is 5.92 Å². The summed E-state index contributed by atoms with van der Waals surface area (Å²) in [6, 6.07) is 6.09. The van der Waals surface area contributed by atoms with Gasteiger partial charge in [-0.3, -0.25) is 4.98 Å². The van der Waals surface area contributed by atoms with Crippen LogP contribution in [0.25, 0.3) is 0 Å². The highest BCUT2D eigenvalue weighted by Gasteiger charge is 2.06. The highest BCUT2D eigenvalue weighted by molar-refractivity contribution is 5.14. The van der Waals surface area contributed by atoms with Crippen LogP contribution in [0.2, 0.25) is 0 Å². The van der Waals surface area contributed by atoms with Crippen molar-refractivity contribution in [3.63, 3.8) is 0 Å². The van der Waals surface area contributed by atoms with E-state index in [1.165, 1.54) is 5.69 Å². The van der Waals surface area contributed by atoms with Crippen molar-refractivity contribution in [3.05, 3.63) is 54.4 Å². The van der Waals surface area contributed by atoms with E-state index in [0.717, 1.165) is 12.8 Å². The molecule has 0 fully saturated rings. The summed E-state index contributed by atoms with van der Waals surface area (Å²) in [5.74, 6) is 0.639. The number of pyridine rings is 1. The Morgan fingerprint density at radius 3 is 3.00 bits per heavy atom. The molecule has 0 saturated carbocycles. The minimum absolute atomic E-state index is 0.639. The van der Waals surface area contributed by atoms with Crippen molar-refractivity contribution in [2.24, 2.45) is 5.92 Å². The average Bonchev–Trinajstić information content (AvgIpc) is 2.21. The van der Waals surface area contributed by atoms with Gasteiger partial charge >= 0.3 is 0 Å². The van der Waals surface area contributed by atoms with E-state index >= 15 is 0 Å². The van der Waals surface area contributed by atoms with Crippen LogP contribution < -0.4 is 0 Å². The molecule has 1 nitrogen and oxygen atoms in total. The largest absolute Gasteiger partial charge is 0.261 e. The van der Waals surface area contributed by atoms with Gasteiger partial charge in [0.25, 0.3) is 0 Å². The third kappa shape index (κ3) is 2.28. The molecule has 1 heteroatoms. The summed E-state index contributed by atoms with van der Waals surface area (Å²) in [5.41, 5.74) is 1.19. The molecule has 0 N–H and O–H groups in total. The standard InChI is InChI=1S/C12H13N/c1-2-6-11(7-3-1)10-12-8-4-5-9-13-12/h1-6,8-9,11H,7,10H2. The number of hydrogen-bond donors (Lipinski definition) is 0. The number of rotatable bonds is 2. The molecule has 1 aromatic heterocycles. The van der Waals surface area contributed by atoms with Gasteiger partial charge in [0, 0.05) is 11.9 Å². The molecule has 0 saturated heterocycles. The Labute approximate surface area is 78.8 Å². The highest BCUT2D eigenvalue weighted by Crippen LogP contribution is 2.15. The van der Waals surface area contributed by atoms with Gasteiger partial charge in [-0.25, -0.2) is 0 Å². The zero-order valence-electron chi connectivity index (χ0n) is 7.56. The van der Waals surface area contributed by atoms with Gasteiger partial charge in [-0.15, -0.1) is 0 Å². The summed E-state index contributed by atoms with van der Waals surface area (Å²) in [4.78, 5) is 4.31. The first kappa shape index (κ1) is 8.24. The average molecular weight is 171 g/mol. The molecule has 0 radical (unpaired) electrons. The van der Waals surface area contributed by atoms with Crippen molar-refractivity contribution in [3.8, 4) is 0 Å². The van der Waals surface area contributed by atoms with Crippen LogP contribution in [-0.2, 0) is 6.42 Å². The van der Waals surface area contributed by atoms with E-state index < -0.39 is 0 Å². The first-order valence-electron chi connectivity index (χ1n) is 4.68. The van der Waals surface area contributed by atoms with E-state index in [9.17, 15) is 0 Å². The number of nitrogens with zero attached hydrogens (tertiary/aromatic N) is 1. The molecule has 0 aromatic carbocycles. The van der Waals surface area contributed by atoms with Crippen LogP contribution in [-0.4, -0.2) is 4.98 Å². The molecule has 0 bridgehead atoms. The fourth-order valence-corrected chi connectivity index (χ4v) is 1.57. The first-order valence-corrected chi connectivity index (χ1v) is 4.68. The highest BCUT2D eigenvalue weighted by atomic mass is 14.7. The summed E-state index contributed by atoms with van der Waals surface area (Å²) in [6.45, 7) is 0. The van der Waals surface area contributed by atoms with Crippen LogP contribution in [0.5, 0.6) is 0 Å². The van der Waals surface area contributed by atoms with Crippen molar-refractivity contribution >= 4 is 0 Å². The molecule has 66 valence electrons. The Morgan fingerprint density at radius 2 is 2.31 bits per heavy atom. The molecule has 1 aliphatic carbocycles. The molecule has 0 spiro atoms. The van der Waals surface area contributed by atoms with E-state index in [4.69, 9.17) is 0 Å². The molecule has 1 heterocycles. The maximum absolute atomic E-state index is 4.31. The predicted octanol–water partition coefficient (Wildman–Crippen LogP) is 2.76. The topological polar surface area (TPSA) is 12.9 Å². The Hall–Kier alpha value is -1.37. The maximum atomic E-state index is 4.31. The van der Waals surface area contributed by atoms with Gasteiger partial charge in [-0.2, -0.15) is 0 Å². The molecule has 1 atom stereocenters. The third-order valence-electron chi connectivity index (χ3n) is 2.27. The van der Waals surface area contributed by atoms with E-state index in [-0.39, 0.29) is 0 Å². The molecular weight excluding hydrogens is 158 g/mol. The summed E-state index contributed by atoms with van der Waals surface area (Å²) in [6.07, 6.45) is 12.8. The second-order valence-electron chi connectivity index (χ2n) is 3.33. The summed E-state index contributed by atoms with van der Waals surface area (Å²) >= 11 is 0. The number of hydrogen-bond acceptors (Lipinski definition) is 1. The SMILES string of the molecule is C1=CCC(Cc2ccccn2)C=C1. The quantitative estimate of drug-likeness (QED) is 0.666. The van der Waals surface area contributed by atoms with Gasteiger partial charge in [-0.05, 0) is 30.9 Å². The van der Waals surface area contributed by atoms with E-state index in [1.54, 1.807) is 0 Å². The maximum Gasteiger partial charge on any atom is 0.0409 e. The zero-order chi connectivity index (χ0) is 8.93. The van der Waals surface area contributed by atoms with Crippen LogP contribution in [0.1, 0.15) is 12.1 Å².